The zero-order valence-electron chi connectivity index (χ0n) is 15.0. The van der Waals surface area contributed by atoms with Crippen molar-refractivity contribution in [3.63, 3.8) is 0 Å². The SMILES string of the molecule is Cc1cccn2c(N=Nc3cccc4c(O)cccc34)c(C(C)C)nc12. The lowest BCUT2D eigenvalue weighted by Gasteiger charge is -2.04. The highest BCUT2D eigenvalue weighted by Crippen LogP contribution is 2.34. The van der Waals surface area contributed by atoms with Crippen LogP contribution in [0.15, 0.2) is 65.0 Å². The molecule has 2 heterocycles. The predicted molar refractivity (Wildman–Crippen MR) is 104 cm³/mol. The fourth-order valence-corrected chi connectivity index (χ4v) is 3.16. The molecule has 0 spiro atoms. The maximum absolute atomic E-state index is 10.1. The van der Waals surface area contributed by atoms with Crippen molar-refractivity contribution in [2.45, 2.75) is 26.7 Å². The molecule has 0 saturated carbocycles. The van der Waals surface area contributed by atoms with Crippen LogP contribution in [0, 0.1) is 6.92 Å². The van der Waals surface area contributed by atoms with E-state index in [-0.39, 0.29) is 11.7 Å². The molecule has 2 aromatic heterocycles. The van der Waals surface area contributed by atoms with Crippen LogP contribution >= 0.6 is 0 Å². The summed E-state index contributed by atoms with van der Waals surface area (Å²) in [4.78, 5) is 4.77. The molecule has 0 saturated heterocycles. The van der Waals surface area contributed by atoms with E-state index in [2.05, 4.69) is 24.1 Å². The van der Waals surface area contributed by atoms with E-state index in [1.807, 2.05) is 60.0 Å². The van der Waals surface area contributed by atoms with Crippen LogP contribution in [0.4, 0.5) is 11.5 Å². The monoisotopic (exact) mass is 344 g/mol. The van der Waals surface area contributed by atoms with Crippen molar-refractivity contribution in [1.82, 2.24) is 9.38 Å². The first-order valence-corrected chi connectivity index (χ1v) is 8.66. The molecule has 1 N–H and O–H groups in total. The van der Waals surface area contributed by atoms with E-state index in [1.165, 1.54) is 0 Å². The fraction of sp³-hybridized carbons (Fsp3) is 0.190. The van der Waals surface area contributed by atoms with E-state index in [4.69, 9.17) is 4.98 Å². The van der Waals surface area contributed by atoms with Gasteiger partial charge >= 0.3 is 0 Å². The Kier molecular flexibility index (Phi) is 3.92. The molecular formula is C21H20N4O. The topological polar surface area (TPSA) is 62.2 Å². The molecule has 0 aliphatic carbocycles. The van der Waals surface area contributed by atoms with Crippen molar-refractivity contribution in [1.29, 1.82) is 0 Å². The normalized spacial score (nSPS) is 12.0. The van der Waals surface area contributed by atoms with E-state index in [9.17, 15) is 5.11 Å². The van der Waals surface area contributed by atoms with E-state index < -0.39 is 0 Å². The maximum Gasteiger partial charge on any atom is 0.183 e. The van der Waals surface area contributed by atoms with Gasteiger partial charge in [-0.05, 0) is 36.6 Å². The lowest BCUT2D eigenvalue weighted by atomic mass is 10.1. The number of phenolic OH excluding ortho intramolecular Hbond substituents is 1. The summed E-state index contributed by atoms with van der Waals surface area (Å²) in [6.45, 7) is 6.25. The molecule has 0 aliphatic rings. The largest absolute Gasteiger partial charge is 0.507 e. The third kappa shape index (κ3) is 2.62. The summed E-state index contributed by atoms with van der Waals surface area (Å²) >= 11 is 0. The summed E-state index contributed by atoms with van der Waals surface area (Å²) in [5.41, 5.74) is 3.65. The lowest BCUT2D eigenvalue weighted by molar-refractivity contribution is 0.481. The van der Waals surface area contributed by atoms with Crippen molar-refractivity contribution >= 4 is 27.9 Å². The van der Waals surface area contributed by atoms with Crippen molar-refractivity contribution in [2.24, 2.45) is 10.2 Å². The second kappa shape index (κ2) is 6.26. The Hall–Kier alpha value is -3.21. The number of aromatic nitrogens is 2. The molecule has 5 heteroatoms. The van der Waals surface area contributed by atoms with Gasteiger partial charge in [0.25, 0.3) is 0 Å². The second-order valence-electron chi connectivity index (χ2n) is 6.71. The molecule has 0 atom stereocenters. The van der Waals surface area contributed by atoms with Gasteiger partial charge in [0.2, 0.25) is 0 Å². The average molecular weight is 344 g/mol. The zero-order valence-corrected chi connectivity index (χ0v) is 15.0. The number of phenols is 1. The molecule has 130 valence electrons. The van der Waals surface area contributed by atoms with Crippen molar-refractivity contribution in [3.8, 4) is 5.75 Å². The summed E-state index contributed by atoms with van der Waals surface area (Å²) in [7, 11) is 0. The number of azo groups is 1. The molecule has 0 bridgehead atoms. The molecule has 0 radical (unpaired) electrons. The van der Waals surface area contributed by atoms with Gasteiger partial charge in [-0.25, -0.2) is 4.98 Å². The van der Waals surface area contributed by atoms with Gasteiger partial charge in [0.1, 0.15) is 11.4 Å². The highest BCUT2D eigenvalue weighted by molar-refractivity contribution is 5.96. The lowest BCUT2D eigenvalue weighted by Crippen LogP contribution is -1.87. The van der Waals surface area contributed by atoms with Crippen LogP contribution in [0.1, 0.15) is 31.0 Å². The Morgan fingerprint density at radius 3 is 2.54 bits per heavy atom. The van der Waals surface area contributed by atoms with E-state index in [0.29, 0.717) is 0 Å². The van der Waals surface area contributed by atoms with Gasteiger partial charge in [-0.15, -0.1) is 10.2 Å². The van der Waals surface area contributed by atoms with Gasteiger partial charge in [-0.2, -0.15) is 0 Å². The maximum atomic E-state index is 10.1. The Morgan fingerprint density at radius 1 is 0.962 bits per heavy atom. The fourth-order valence-electron chi connectivity index (χ4n) is 3.16. The molecule has 0 unspecified atom stereocenters. The van der Waals surface area contributed by atoms with Crippen LogP contribution in [-0.2, 0) is 0 Å². The molecule has 0 fully saturated rings. The van der Waals surface area contributed by atoms with Crippen LogP contribution < -0.4 is 0 Å². The number of fused-ring (bicyclic) bond motifs is 2. The Labute approximate surface area is 151 Å². The molecular weight excluding hydrogens is 324 g/mol. The van der Waals surface area contributed by atoms with E-state index >= 15 is 0 Å². The van der Waals surface area contributed by atoms with Crippen molar-refractivity contribution < 1.29 is 5.11 Å². The van der Waals surface area contributed by atoms with Crippen LogP contribution in [0.3, 0.4) is 0 Å². The van der Waals surface area contributed by atoms with Crippen molar-refractivity contribution in [3.05, 3.63) is 66.0 Å². The number of aryl methyl sites for hydroxylation is 1. The van der Waals surface area contributed by atoms with E-state index in [1.54, 1.807) is 6.07 Å². The highest BCUT2D eigenvalue weighted by Gasteiger charge is 2.16. The minimum Gasteiger partial charge on any atom is -0.507 e. The van der Waals surface area contributed by atoms with Crippen LogP contribution in [0.2, 0.25) is 0 Å². The smallest absolute Gasteiger partial charge is 0.183 e. The standard InChI is InChI=1S/C21H20N4O/c1-13(2)19-21(25-12-6-7-14(3)20(25)22-19)24-23-17-10-4-9-16-15(17)8-5-11-18(16)26/h4-13,26H,1-3H3. The summed E-state index contributed by atoms with van der Waals surface area (Å²) in [5.74, 6) is 1.23. The molecule has 4 rings (SSSR count). The molecule has 2 aromatic carbocycles. The number of pyridine rings is 1. The third-order valence-electron chi connectivity index (χ3n) is 4.52. The first-order chi connectivity index (χ1) is 12.6. The Bertz CT molecular complexity index is 1140. The predicted octanol–water partition coefficient (Wildman–Crippen LogP) is 6.04. The zero-order chi connectivity index (χ0) is 18.3. The first-order valence-electron chi connectivity index (χ1n) is 8.66. The quantitative estimate of drug-likeness (QED) is 0.460. The number of benzene rings is 2. The van der Waals surface area contributed by atoms with Gasteiger partial charge in [-0.1, -0.05) is 44.2 Å². The molecule has 26 heavy (non-hydrogen) atoms. The van der Waals surface area contributed by atoms with Gasteiger partial charge in [0.15, 0.2) is 5.82 Å². The summed E-state index contributed by atoms with van der Waals surface area (Å²) in [6.07, 6.45) is 1.96. The molecule has 0 aliphatic heterocycles. The number of rotatable bonds is 3. The summed E-state index contributed by atoms with van der Waals surface area (Å²) < 4.78 is 1.98. The van der Waals surface area contributed by atoms with Crippen LogP contribution in [0.25, 0.3) is 16.4 Å². The first kappa shape index (κ1) is 16.3. The van der Waals surface area contributed by atoms with Gasteiger partial charge in [0.05, 0.1) is 11.4 Å². The van der Waals surface area contributed by atoms with Gasteiger partial charge in [-0.3, -0.25) is 4.40 Å². The van der Waals surface area contributed by atoms with Gasteiger partial charge < -0.3 is 5.11 Å². The van der Waals surface area contributed by atoms with Gasteiger partial charge in [0, 0.05) is 17.0 Å². The Morgan fingerprint density at radius 2 is 1.73 bits per heavy atom. The minimum absolute atomic E-state index is 0.236. The highest BCUT2D eigenvalue weighted by atomic mass is 16.3. The second-order valence-corrected chi connectivity index (χ2v) is 6.71. The van der Waals surface area contributed by atoms with Crippen LogP contribution in [-0.4, -0.2) is 14.5 Å². The number of hydrogen-bond acceptors (Lipinski definition) is 4. The Balaban J connectivity index is 1.89. The van der Waals surface area contributed by atoms with E-state index in [0.717, 1.165) is 39.2 Å². The summed E-state index contributed by atoms with van der Waals surface area (Å²) in [6, 6.07) is 15.1. The molecule has 4 aromatic rings. The summed E-state index contributed by atoms with van der Waals surface area (Å²) in [5, 5.41) is 20.7. The number of aromatic hydroxyl groups is 1. The molecule has 5 nitrogen and oxygen atoms in total. The van der Waals surface area contributed by atoms with Crippen LogP contribution in [0.5, 0.6) is 5.75 Å². The number of imidazole rings is 1. The third-order valence-corrected chi connectivity index (χ3v) is 4.52. The molecule has 0 amide bonds. The number of hydrogen-bond donors (Lipinski definition) is 1. The average Bonchev–Trinajstić information content (AvgIpc) is 3.01. The van der Waals surface area contributed by atoms with Crippen molar-refractivity contribution in [2.75, 3.05) is 0 Å². The number of nitrogens with zero attached hydrogens (tertiary/aromatic N) is 4. The minimum atomic E-state index is 0.236.